The van der Waals surface area contributed by atoms with Gasteiger partial charge in [0.15, 0.2) is 0 Å². The number of fused-ring (bicyclic) bond motifs is 9. The SMILES string of the molecule is Cc1cccc2c1sc1c(-c3ccc4c5ccccc5c5ccccc5c4c3)cccc12. The first-order chi connectivity index (χ1) is 15.8. The van der Waals surface area contributed by atoms with Crippen LogP contribution in [-0.2, 0) is 0 Å². The predicted octanol–water partition coefficient (Wildman–Crippen LogP) is 9.49. The molecule has 1 heterocycles. The molecule has 0 N–H and O–H groups in total. The number of rotatable bonds is 1. The van der Waals surface area contributed by atoms with Crippen molar-refractivity contribution in [3.8, 4) is 11.1 Å². The van der Waals surface area contributed by atoms with Crippen molar-refractivity contribution in [1.82, 2.24) is 0 Å². The average Bonchev–Trinajstić information content (AvgIpc) is 3.24. The van der Waals surface area contributed by atoms with Gasteiger partial charge in [0.25, 0.3) is 0 Å². The van der Waals surface area contributed by atoms with E-state index in [1.165, 1.54) is 69.2 Å². The molecule has 150 valence electrons. The molecule has 0 aliphatic carbocycles. The Kier molecular flexibility index (Phi) is 3.73. The Morgan fingerprint density at radius 3 is 1.66 bits per heavy atom. The standard InChI is InChI=1S/C31H20S/c1-19-8-6-14-27-28-15-7-13-21(31(28)32-30(19)27)20-16-17-26-24-11-3-2-9-22(24)23-10-4-5-12-25(23)29(26)18-20/h2-18H,1H3. The smallest absolute Gasteiger partial charge is 0.0433 e. The third-order valence-corrected chi connectivity index (χ3v) is 8.17. The lowest BCUT2D eigenvalue weighted by Gasteiger charge is -2.12. The summed E-state index contributed by atoms with van der Waals surface area (Å²) in [5, 5.41) is 10.7. The fourth-order valence-electron chi connectivity index (χ4n) is 5.26. The summed E-state index contributed by atoms with van der Waals surface area (Å²) in [4.78, 5) is 0. The van der Waals surface area contributed by atoms with Crippen molar-refractivity contribution >= 4 is 63.8 Å². The van der Waals surface area contributed by atoms with Crippen molar-refractivity contribution in [2.24, 2.45) is 0 Å². The van der Waals surface area contributed by atoms with E-state index < -0.39 is 0 Å². The fraction of sp³-hybridized carbons (Fsp3) is 0.0323. The molecular weight excluding hydrogens is 404 g/mol. The van der Waals surface area contributed by atoms with Gasteiger partial charge in [0, 0.05) is 20.2 Å². The first-order valence-electron chi connectivity index (χ1n) is 11.0. The van der Waals surface area contributed by atoms with E-state index in [4.69, 9.17) is 0 Å². The molecule has 0 unspecified atom stereocenters. The Hall–Kier alpha value is -3.68. The van der Waals surface area contributed by atoms with Crippen molar-refractivity contribution in [2.75, 3.05) is 0 Å². The summed E-state index contributed by atoms with van der Waals surface area (Å²) in [6.07, 6.45) is 0. The highest BCUT2D eigenvalue weighted by Crippen LogP contribution is 2.43. The molecule has 0 saturated heterocycles. The molecular formula is C31H20S. The number of aryl methyl sites for hydroxylation is 1. The zero-order valence-electron chi connectivity index (χ0n) is 17.7. The van der Waals surface area contributed by atoms with Crippen LogP contribution in [0.2, 0.25) is 0 Å². The molecule has 0 spiro atoms. The molecule has 0 saturated carbocycles. The van der Waals surface area contributed by atoms with E-state index in [0.717, 1.165) is 0 Å². The predicted molar refractivity (Wildman–Crippen MR) is 142 cm³/mol. The van der Waals surface area contributed by atoms with Crippen LogP contribution >= 0.6 is 11.3 Å². The minimum atomic E-state index is 1.28. The number of hydrogen-bond acceptors (Lipinski definition) is 1. The van der Waals surface area contributed by atoms with Crippen LogP contribution in [0.4, 0.5) is 0 Å². The molecule has 0 nitrogen and oxygen atoms in total. The van der Waals surface area contributed by atoms with E-state index in [1.807, 2.05) is 11.3 Å². The summed E-state index contributed by atoms with van der Waals surface area (Å²) in [5.41, 5.74) is 3.96. The highest BCUT2D eigenvalue weighted by atomic mass is 32.1. The number of hydrogen-bond donors (Lipinski definition) is 0. The van der Waals surface area contributed by atoms with E-state index in [9.17, 15) is 0 Å². The summed E-state index contributed by atoms with van der Waals surface area (Å²) in [6, 6.07) is 38.0. The Morgan fingerprint density at radius 2 is 0.969 bits per heavy atom. The van der Waals surface area contributed by atoms with Gasteiger partial charge in [-0.15, -0.1) is 11.3 Å². The molecule has 6 aromatic carbocycles. The Balaban J connectivity index is 1.60. The Labute approximate surface area is 190 Å². The van der Waals surface area contributed by atoms with Crippen LogP contribution in [0.1, 0.15) is 5.56 Å². The molecule has 7 rings (SSSR count). The van der Waals surface area contributed by atoms with Crippen molar-refractivity contribution in [3.05, 3.63) is 109 Å². The van der Waals surface area contributed by atoms with E-state index >= 15 is 0 Å². The van der Waals surface area contributed by atoms with Crippen LogP contribution in [0.25, 0.3) is 63.6 Å². The average molecular weight is 425 g/mol. The zero-order chi connectivity index (χ0) is 21.2. The minimum Gasteiger partial charge on any atom is -0.134 e. The van der Waals surface area contributed by atoms with Crippen LogP contribution in [-0.4, -0.2) is 0 Å². The zero-order valence-corrected chi connectivity index (χ0v) is 18.5. The topological polar surface area (TPSA) is 0 Å². The summed E-state index contributed by atoms with van der Waals surface area (Å²) < 4.78 is 2.77. The highest BCUT2D eigenvalue weighted by Gasteiger charge is 2.13. The molecule has 0 atom stereocenters. The van der Waals surface area contributed by atoms with Gasteiger partial charge in [-0.25, -0.2) is 0 Å². The molecule has 0 radical (unpaired) electrons. The second-order valence-electron chi connectivity index (χ2n) is 8.59. The molecule has 1 heteroatoms. The van der Waals surface area contributed by atoms with Crippen LogP contribution in [0.15, 0.2) is 103 Å². The largest absolute Gasteiger partial charge is 0.134 e. The third-order valence-electron chi connectivity index (χ3n) is 6.78. The molecule has 0 amide bonds. The van der Waals surface area contributed by atoms with Crippen molar-refractivity contribution < 1.29 is 0 Å². The van der Waals surface area contributed by atoms with Gasteiger partial charge >= 0.3 is 0 Å². The maximum atomic E-state index is 2.40. The lowest BCUT2D eigenvalue weighted by molar-refractivity contribution is 1.56. The van der Waals surface area contributed by atoms with Crippen LogP contribution in [0.5, 0.6) is 0 Å². The fourth-order valence-corrected chi connectivity index (χ4v) is 6.57. The number of thiophene rings is 1. The first-order valence-corrected chi connectivity index (χ1v) is 11.9. The second-order valence-corrected chi connectivity index (χ2v) is 9.61. The molecule has 0 fully saturated rings. The van der Waals surface area contributed by atoms with Gasteiger partial charge < -0.3 is 0 Å². The highest BCUT2D eigenvalue weighted by molar-refractivity contribution is 7.26. The van der Waals surface area contributed by atoms with E-state index in [1.54, 1.807) is 0 Å². The molecule has 32 heavy (non-hydrogen) atoms. The lowest BCUT2D eigenvalue weighted by atomic mass is 9.92. The van der Waals surface area contributed by atoms with Gasteiger partial charge in [0.05, 0.1) is 0 Å². The molecule has 0 aliphatic rings. The molecule has 0 bridgehead atoms. The van der Waals surface area contributed by atoms with Crippen molar-refractivity contribution in [3.63, 3.8) is 0 Å². The van der Waals surface area contributed by atoms with Gasteiger partial charge in [0.1, 0.15) is 0 Å². The monoisotopic (exact) mass is 424 g/mol. The van der Waals surface area contributed by atoms with Gasteiger partial charge in [-0.1, -0.05) is 97.1 Å². The van der Waals surface area contributed by atoms with E-state index in [-0.39, 0.29) is 0 Å². The second kappa shape index (κ2) is 6.66. The molecule has 1 aromatic heterocycles. The van der Waals surface area contributed by atoms with Gasteiger partial charge in [-0.3, -0.25) is 0 Å². The van der Waals surface area contributed by atoms with Crippen LogP contribution in [0.3, 0.4) is 0 Å². The third kappa shape index (κ3) is 2.43. The lowest BCUT2D eigenvalue weighted by Crippen LogP contribution is -1.85. The van der Waals surface area contributed by atoms with Crippen LogP contribution < -0.4 is 0 Å². The number of benzene rings is 6. The summed E-state index contributed by atoms with van der Waals surface area (Å²) in [5.74, 6) is 0. The van der Waals surface area contributed by atoms with Gasteiger partial charge in [0.2, 0.25) is 0 Å². The van der Waals surface area contributed by atoms with E-state index in [2.05, 4.69) is 110 Å². The molecule has 0 aliphatic heterocycles. The Bertz CT molecular complexity index is 1800. The maximum Gasteiger partial charge on any atom is 0.0433 e. The molecule has 7 aromatic rings. The summed E-state index contributed by atoms with van der Waals surface area (Å²) in [7, 11) is 0. The Morgan fingerprint density at radius 1 is 0.438 bits per heavy atom. The van der Waals surface area contributed by atoms with Crippen LogP contribution in [0, 0.1) is 6.92 Å². The van der Waals surface area contributed by atoms with E-state index in [0.29, 0.717) is 0 Å². The first kappa shape index (κ1) is 17.9. The minimum absolute atomic E-state index is 1.28. The van der Waals surface area contributed by atoms with Crippen molar-refractivity contribution in [1.29, 1.82) is 0 Å². The van der Waals surface area contributed by atoms with Gasteiger partial charge in [-0.2, -0.15) is 0 Å². The summed E-state index contributed by atoms with van der Waals surface area (Å²) >= 11 is 1.92. The maximum absolute atomic E-state index is 2.40. The quantitative estimate of drug-likeness (QED) is 0.230. The summed E-state index contributed by atoms with van der Waals surface area (Å²) in [6.45, 7) is 2.21. The normalized spacial score (nSPS) is 11.9. The van der Waals surface area contributed by atoms with Crippen molar-refractivity contribution in [2.45, 2.75) is 6.92 Å². The van der Waals surface area contributed by atoms with Gasteiger partial charge in [-0.05, 0) is 62.0 Å².